The van der Waals surface area contributed by atoms with Crippen molar-refractivity contribution in [2.75, 3.05) is 25.6 Å². The Morgan fingerprint density at radius 2 is 2.05 bits per heavy atom. The molecule has 126 valence electrons. The summed E-state index contributed by atoms with van der Waals surface area (Å²) in [4.78, 5) is 0. The zero-order chi connectivity index (χ0) is 16.9. The number of nitrogens with one attached hydrogen (secondary N) is 1. The van der Waals surface area contributed by atoms with Gasteiger partial charge in [0.25, 0.3) is 0 Å². The van der Waals surface area contributed by atoms with E-state index in [9.17, 15) is 18.3 Å². The van der Waals surface area contributed by atoms with E-state index in [0.717, 1.165) is 6.07 Å². The van der Waals surface area contributed by atoms with Crippen LogP contribution in [0.15, 0.2) is 12.1 Å². The van der Waals surface area contributed by atoms with Crippen LogP contribution in [0.2, 0.25) is 5.02 Å². The highest BCUT2D eigenvalue weighted by atomic mass is 35.5. The van der Waals surface area contributed by atoms with Crippen LogP contribution in [0.3, 0.4) is 0 Å². The molecular weight excluding hydrogens is 321 g/mol. The Bertz CT molecular complexity index is 498. The Morgan fingerprint density at radius 3 is 2.55 bits per heavy atom. The molecule has 8 heteroatoms. The maximum atomic E-state index is 13.0. The predicted molar refractivity (Wildman–Crippen MR) is 79.8 cm³/mol. The number of aliphatic hydroxyl groups excluding tert-OH is 1. The molecule has 0 saturated heterocycles. The number of hydrogen-bond acceptors (Lipinski definition) is 4. The van der Waals surface area contributed by atoms with Crippen molar-refractivity contribution in [1.29, 1.82) is 0 Å². The fourth-order valence-electron chi connectivity index (χ4n) is 2.02. The van der Waals surface area contributed by atoms with E-state index in [2.05, 4.69) is 5.32 Å². The van der Waals surface area contributed by atoms with Gasteiger partial charge in [0.2, 0.25) is 0 Å². The summed E-state index contributed by atoms with van der Waals surface area (Å²) in [7, 11) is 0. The molecule has 0 fully saturated rings. The molecule has 4 nitrogen and oxygen atoms in total. The van der Waals surface area contributed by atoms with E-state index in [4.69, 9.17) is 22.1 Å². The second-order valence-corrected chi connectivity index (χ2v) is 5.33. The lowest BCUT2D eigenvalue weighted by Crippen LogP contribution is -2.36. The van der Waals surface area contributed by atoms with E-state index in [1.54, 1.807) is 0 Å². The fraction of sp³-hybridized carbons (Fsp3) is 0.571. The molecule has 2 unspecified atom stereocenters. The van der Waals surface area contributed by atoms with Crippen molar-refractivity contribution in [2.24, 2.45) is 0 Å². The summed E-state index contributed by atoms with van der Waals surface area (Å²) in [5, 5.41) is 12.3. The Labute approximate surface area is 132 Å². The molecule has 0 saturated carbocycles. The lowest BCUT2D eigenvalue weighted by Gasteiger charge is -2.23. The first-order chi connectivity index (χ1) is 10.2. The Hall–Kier alpha value is -1.02. The summed E-state index contributed by atoms with van der Waals surface area (Å²) in [6, 6.07) is 1.38. The number of ether oxygens (including phenoxy) is 1. The summed E-state index contributed by atoms with van der Waals surface area (Å²) in [5.41, 5.74) is 4.09. The molecule has 0 heterocycles. The van der Waals surface area contributed by atoms with Crippen molar-refractivity contribution in [3.63, 3.8) is 0 Å². The third kappa shape index (κ3) is 5.01. The normalized spacial score (nSPS) is 14.9. The zero-order valence-corrected chi connectivity index (χ0v) is 13.1. The van der Waals surface area contributed by atoms with Crippen LogP contribution < -0.4 is 11.1 Å². The van der Waals surface area contributed by atoms with Crippen molar-refractivity contribution in [3.8, 4) is 0 Å². The summed E-state index contributed by atoms with van der Waals surface area (Å²) in [6.45, 7) is 4.17. The molecule has 22 heavy (non-hydrogen) atoms. The van der Waals surface area contributed by atoms with Crippen LogP contribution in [0.25, 0.3) is 0 Å². The number of halogens is 4. The van der Waals surface area contributed by atoms with Crippen LogP contribution in [0.4, 0.5) is 18.9 Å². The van der Waals surface area contributed by atoms with Gasteiger partial charge in [0.1, 0.15) is 0 Å². The molecule has 1 rings (SSSR count). The van der Waals surface area contributed by atoms with Gasteiger partial charge in [-0.3, -0.25) is 0 Å². The SMILES string of the molecule is CCOCC(C)NC(CO)c1cc(Cl)c(N)c(C(F)(F)F)c1. The Kier molecular flexibility index (Phi) is 6.93. The molecule has 1 aromatic rings. The van der Waals surface area contributed by atoms with Crippen molar-refractivity contribution in [1.82, 2.24) is 5.32 Å². The molecule has 0 bridgehead atoms. The molecule has 1 aromatic carbocycles. The van der Waals surface area contributed by atoms with Gasteiger partial charge in [-0.2, -0.15) is 13.2 Å². The standard InChI is InChI=1S/C14H20ClF3N2O2/c1-3-22-7-8(2)20-12(6-21)9-4-10(14(16,17)18)13(19)11(15)5-9/h4-5,8,12,20-21H,3,6-7,19H2,1-2H3. The van der Waals surface area contributed by atoms with Gasteiger partial charge in [-0.25, -0.2) is 0 Å². The lowest BCUT2D eigenvalue weighted by molar-refractivity contribution is -0.137. The molecule has 2 atom stereocenters. The second kappa shape index (κ2) is 8.01. The van der Waals surface area contributed by atoms with Gasteiger partial charge in [-0.15, -0.1) is 0 Å². The molecule has 0 aliphatic carbocycles. The van der Waals surface area contributed by atoms with Gasteiger partial charge in [0.05, 0.1) is 35.5 Å². The van der Waals surface area contributed by atoms with Gasteiger partial charge >= 0.3 is 6.18 Å². The van der Waals surface area contributed by atoms with Crippen LogP contribution in [0, 0.1) is 0 Å². The average Bonchev–Trinajstić information content (AvgIpc) is 2.44. The van der Waals surface area contributed by atoms with Gasteiger partial charge < -0.3 is 20.9 Å². The zero-order valence-electron chi connectivity index (χ0n) is 12.4. The lowest BCUT2D eigenvalue weighted by atomic mass is 10.0. The van der Waals surface area contributed by atoms with Gasteiger partial charge in [-0.1, -0.05) is 11.6 Å². The average molecular weight is 341 g/mol. The summed E-state index contributed by atoms with van der Waals surface area (Å²) >= 11 is 5.79. The highest BCUT2D eigenvalue weighted by molar-refractivity contribution is 6.33. The first-order valence-corrected chi connectivity index (χ1v) is 7.19. The number of rotatable bonds is 7. The third-order valence-corrected chi connectivity index (χ3v) is 3.41. The largest absolute Gasteiger partial charge is 0.418 e. The van der Waals surface area contributed by atoms with Crippen molar-refractivity contribution >= 4 is 17.3 Å². The van der Waals surface area contributed by atoms with Crippen LogP contribution in [0.5, 0.6) is 0 Å². The van der Waals surface area contributed by atoms with E-state index in [1.807, 2.05) is 13.8 Å². The minimum absolute atomic E-state index is 0.150. The van der Waals surface area contributed by atoms with E-state index in [-0.39, 0.29) is 23.2 Å². The molecule has 0 aliphatic rings. The van der Waals surface area contributed by atoms with Crippen molar-refractivity contribution < 1.29 is 23.0 Å². The molecule has 0 amide bonds. The van der Waals surface area contributed by atoms with E-state index in [1.165, 1.54) is 6.07 Å². The minimum atomic E-state index is -4.61. The van der Waals surface area contributed by atoms with Gasteiger partial charge in [0, 0.05) is 12.6 Å². The minimum Gasteiger partial charge on any atom is -0.397 e. The number of benzene rings is 1. The first kappa shape index (κ1) is 19.0. The highest BCUT2D eigenvalue weighted by Gasteiger charge is 2.35. The fourth-order valence-corrected chi connectivity index (χ4v) is 2.24. The molecule has 0 radical (unpaired) electrons. The van der Waals surface area contributed by atoms with E-state index >= 15 is 0 Å². The summed E-state index contributed by atoms with van der Waals surface area (Å²) < 4.78 is 44.1. The number of anilines is 1. The van der Waals surface area contributed by atoms with Crippen molar-refractivity contribution in [2.45, 2.75) is 32.1 Å². The summed E-state index contributed by atoms with van der Waals surface area (Å²) in [5.74, 6) is 0. The number of nitrogen functional groups attached to an aromatic ring is 1. The number of aliphatic hydroxyl groups is 1. The summed E-state index contributed by atoms with van der Waals surface area (Å²) in [6.07, 6.45) is -4.61. The predicted octanol–water partition coefficient (Wildman–Crippen LogP) is 2.99. The van der Waals surface area contributed by atoms with E-state index < -0.39 is 23.5 Å². The second-order valence-electron chi connectivity index (χ2n) is 4.92. The Morgan fingerprint density at radius 1 is 1.41 bits per heavy atom. The van der Waals surface area contributed by atoms with Gasteiger partial charge in [0.15, 0.2) is 0 Å². The topological polar surface area (TPSA) is 67.5 Å². The number of nitrogens with two attached hydrogens (primary N) is 1. The van der Waals surface area contributed by atoms with Gasteiger partial charge in [-0.05, 0) is 31.5 Å². The number of hydrogen-bond donors (Lipinski definition) is 3. The van der Waals surface area contributed by atoms with Crippen molar-refractivity contribution in [3.05, 3.63) is 28.3 Å². The van der Waals surface area contributed by atoms with Crippen LogP contribution in [-0.2, 0) is 10.9 Å². The molecule has 0 spiro atoms. The van der Waals surface area contributed by atoms with Crippen LogP contribution >= 0.6 is 11.6 Å². The van der Waals surface area contributed by atoms with Crippen LogP contribution in [0.1, 0.15) is 31.0 Å². The highest BCUT2D eigenvalue weighted by Crippen LogP contribution is 2.38. The Balaban J connectivity index is 3.05. The molecule has 4 N–H and O–H groups in total. The number of alkyl halides is 3. The molecule has 0 aromatic heterocycles. The maximum Gasteiger partial charge on any atom is 0.418 e. The monoisotopic (exact) mass is 340 g/mol. The maximum absolute atomic E-state index is 13.0. The smallest absolute Gasteiger partial charge is 0.397 e. The van der Waals surface area contributed by atoms with E-state index in [0.29, 0.717) is 13.2 Å². The molecular formula is C14H20ClF3N2O2. The van der Waals surface area contributed by atoms with Crippen LogP contribution in [-0.4, -0.2) is 31.0 Å². The first-order valence-electron chi connectivity index (χ1n) is 6.81. The molecule has 0 aliphatic heterocycles. The quantitative estimate of drug-likeness (QED) is 0.668. The third-order valence-electron chi connectivity index (χ3n) is 3.10.